The number of unbranched alkanes of at least 4 members (excludes halogenated alkanes) is 38. The maximum absolute atomic E-state index is 12.4. The standard InChI is InChI=1S/C52H101NO3/c1-3-5-7-9-11-13-14-15-16-17-18-19-20-21-22-23-24-25-26-27-28-29-30-31-32-33-34-35-36-37-38-40-42-44-46-48-52(56)53-50(49-54)51(55)47-45-43-41-39-12-10-8-6-4-2/h12,39,45,47,50-51,54-55H,3-11,13-38,40-44,46,48-49H2,1-2H3,(H,53,56)/b39-12+,47-45+. The number of nitrogens with one attached hydrogen (secondary N) is 1. The van der Waals surface area contributed by atoms with Gasteiger partial charge in [0.25, 0.3) is 0 Å². The van der Waals surface area contributed by atoms with Gasteiger partial charge in [0.1, 0.15) is 0 Å². The number of carbonyl (C=O) groups is 1. The van der Waals surface area contributed by atoms with E-state index in [2.05, 4.69) is 31.3 Å². The molecule has 0 aliphatic heterocycles. The summed E-state index contributed by atoms with van der Waals surface area (Å²) in [5.41, 5.74) is 0. The molecule has 56 heavy (non-hydrogen) atoms. The lowest BCUT2D eigenvalue weighted by Crippen LogP contribution is -2.45. The summed E-state index contributed by atoms with van der Waals surface area (Å²) in [6.45, 7) is 4.27. The van der Waals surface area contributed by atoms with E-state index in [9.17, 15) is 15.0 Å². The largest absolute Gasteiger partial charge is 0.394 e. The molecule has 3 N–H and O–H groups in total. The van der Waals surface area contributed by atoms with Crippen molar-refractivity contribution in [2.24, 2.45) is 0 Å². The first-order chi connectivity index (χ1) is 27.7. The van der Waals surface area contributed by atoms with Gasteiger partial charge in [-0.25, -0.2) is 0 Å². The van der Waals surface area contributed by atoms with Crippen LogP contribution < -0.4 is 5.32 Å². The normalized spacial score (nSPS) is 13.0. The van der Waals surface area contributed by atoms with E-state index in [1.54, 1.807) is 6.08 Å². The second-order valence-electron chi connectivity index (χ2n) is 17.6. The minimum atomic E-state index is -0.856. The summed E-state index contributed by atoms with van der Waals surface area (Å²) >= 11 is 0. The van der Waals surface area contributed by atoms with Crippen molar-refractivity contribution < 1.29 is 15.0 Å². The average molecular weight is 788 g/mol. The zero-order valence-electron chi connectivity index (χ0n) is 38.2. The molecule has 1 amide bonds. The Labute approximate surface area is 351 Å². The van der Waals surface area contributed by atoms with Crippen molar-refractivity contribution in [3.05, 3.63) is 24.3 Å². The molecule has 0 heterocycles. The molecule has 332 valence electrons. The fourth-order valence-corrected chi connectivity index (χ4v) is 8.02. The Balaban J connectivity index is 3.34. The molecule has 2 unspecified atom stereocenters. The van der Waals surface area contributed by atoms with E-state index in [1.165, 1.54) is 231 Å². The summed E-state index contributed by atoms with van der Waals surface area (Å²) in [6, 6.07) is -0.633. The zero-order valence-corrected chi connectivity index (χ0v) is 38.2. The van der Waals surface area contributed by atoms with Crippen molar-refractivity contribution in [2.45, 2.75) is 296 Å². The van der Waals surface area contributed by atoms with Gasteiger partial charge in [-0.05, 0) is 32.1 Å². The molecule has 4 nitrogen and oxygen atoms in total. The molecule has 0 spiro atoms. The lowest BCUT2D eigenvalue weighted by atomic mass is 10.0. The predicted molar refractivity (Wildman–Crippen MR) is 249 cm³/mol. The van der Waals surface area contributed by atoms with Gasteiger partial charge < -0.3 is 15.5 Å². The van der Waals surface area contributed by atoms with Gasteiger partial charge in [0.15, 0.2) is 0 Å². The topological polar surface area (TPSA) is 69.6 Å². The molecule has 0 aromatic carbocycles. The summed E-state index contributed by atoms with van der Waals surface area (Å²) in [6.07, 6.45) is 63.6. The quantitative estimate of drug-likeness (QED) is 0.0425. The highest BCUT2D eigenvalue weighted by atomic mass is 16.3. The minimum absolute atomic E-state index is 0.0717. The fourth-order valence-electron chi connectivity index (χ4n) is 8.02. The van der Waals surface area contributed by atoms with E-state index in [1.807, 2.05) is 6.08 Å². The van der Waals surface area contributed by atoms with Crippen LogP contribution in [-0.2, 0) is 4.79 Å². The Morgan fingerprint density at radius 3 is 1.04 bits per heavy atom. The average Bonchev–Trinajstić information content (AvgIpc) is 3.20. The minimum Gasteiger partial charge on any atom is -0.394 e. The number of rotatable bonds is 47. The van der Waals surface area contributed by atoms with Crippen LogP contribution in [-0.4, -0.2) is 34.9 Å². The molecule has 0 bridgehead atoms. The SMILES string of the molecule is CCCCC/C=C/CC/C=C/C(O)C(CO)NC(=O)CCCCCCCCCCCCCCCCCCCCCCCCCCCCCCCCCCCCC. The molecule has 0 rings (SSSR count). The highest BCUT2D eigenvalue weighted by Crippen LogP contribution is 2.17. The molecule has 0 saturated heterocycles. The highest BCUT2D eigenvalue weighted by Gasteiger charge is 2.17. The van der Waals surface area contributed by atoms with E-state index in [-0.39, 0.29) is 12.5 Å². The van der Waals surface area contributed by atoms with Crippen molar-refractivity contribution in [1.29, 1.82) is 0 Å². The van der Waals surface area contributed by atoms with E-state index < -0.39 is 12.1 Å². The lowest BCUT2D eigenvalue weighted by Gasteiger charge is -2.19. The van der Waals surface area contributed by atoms with Gasteiger partial charge in [-0.1, -0.05) is 269 Å². The number of aliphatic hydroxyl groups is 2. The van der Waals surface area contributed by atoms with Gasteiger partial charge in [0.05, 0.1) is 18.8 Å². The maximum atomic E-state index is 12.4. The summed E-state index contributed by atoms with van der Waals surface area (Å²) in [4.78, 5) is 12.4. The van der Waals surface area contributed by atoms with Gasteiger partial charge in [0.2, 0.25) is 5.91 Å². The number of carbonyl (C=O) groups excluding carboxylic acids is 1. The fraction of sp³-hybridized carbons (Fsp3) is 0.904. The van der Waals surface area contributed by atoms with E-state index >= 15 is 0 Å². The number of hydrogen-bond donors (Lipinski definition) is 3. The molecule has 0 aliphatic carbocycles. The summed E-state index contributed by atoms with van der Waals surface area (Å²) < 4.78 is 0. The van der Waals surface area contributed by atoms with E-state index in [4.69, 9.17) is 0 Å². The van der Waals surface area contributed by atoms with Gasteiger partial charge in [-0.2, -0.15) is 0 Å². The number of aliphatic hydroxyl groups excluding tert-OH is 2. The molecule has 0 aliphatic rings. The van der Waals surface area contributed by atoms with Crippen molar-refractivity contribution >= 4 is 5.91 Å². The summed E-state index contributed by atoms with van der Waals surface area (Å²) in [5.74, 6) is -0.0717. The third-order valence-corrected chi connectivity index (χ3v) is 11.9. The van der Waals surface area contributed by atoms with Crippen LogP contribution in [0.2, 0.25) is 0 Å². The van der Waals surface area contributed by atoms with Crippen LogP contribution in [0.15, 0.2) is 24.3 Å². The first-order valence-corrected chi connectivity index (χ1v) is 25.6. The third kappa shape index (κ3) is 44.0. The number of hydrogen-bond acceptors (Lipinski definition) is 3. The van der Waals surface area contributed by atoms with Crippen molar-refractivity contribution in [3.8, 4) is 0 Å². The first-order valence-electron chi connectivity index (χ1n) is 25.6. The smallest absolute Gasteiger partial charge is 0.220 e. The Morgan fingerprint density at radius 2 is 0.696 bits per heavy atom. The van der Waals surface area contributed by atoms with Crippen LogP contribution in [0.3, 0.4) is 0 Å². The monoisotopic (exact) mass is 788 g/mol. The lowest BCUT2D eigenvalue weighted by molar-refractivity contribution is -0.123. The van der Waals surface area contributed by atoms with Crippen molar-refractivity contribution in [3.63, 3.8) is 0 Å². The molecule has 0 aromatic heterocycles. The molecule has 4 heteroatoms. The molecule has 2 atom stereocenters. The van der Waals surface area contributed by atoms with Crippen molar-refractivity contribution in [2.75, 3.05) is 6.61 Å². The van der Waals surface area contributed by atoms with Gasteiger partial charge in [-0.15, -0.1) is 0 Å². The summed E-state index contributed by atoms with van der Waals surface area (Å²) in [5, 5.41) is 22.9. The van der Waals surface area contributed by atoms with Gasteiger partial charge in [0, 0.05) is 6.42 Å². The van der Waals surface area contributed by atoms with Gasteiger partial charge in [-0.3, -0.25) is 4.79 Å². The molecule has 0 aromatic rings. The first kappa shape index (κ1) is 54.9. The van der Waals surface area contributed by atoms with Gasteiger partial charge >= 0.3 is 0 Å². The molecule has 0 saturated carbocycles. The number of amides is 1. The van der Waals surface area contributed by atoms with Crippen molar-refractivity contribution in [1.82, 2.24) is 5.32 Å². The summed E-state index contributed by atoms with van der Waals surface area (Å²) in [7, 11) is 0. The van der Waals surface area contributed by atoms with Crippen LogP contribution in [0.5, 0.6) is 0 Å². The predicted octanol–water partition coefficient (Wildman–Crippen LogP) is 16.4. The van der Waals surface area contributed by atoms with E-state index in [0.717, 1.165) is 32.1 Å². The Kier molecular flexibility index (Phi) is 47.3. The van der Waals surface area contributed by atoms with Crippen LogP contribution in [0, 0.1) is 0 Å². The highest BCUT2D eigenvalue weighted by molar-refractivity contribution is 5.76. The third-order valence-electron chi connectivity index (χ3n) is 11.9. The Bertz CT molecular complexity index is 810. The zero-order chi connectivity index (χ0) is 40.7. The van der Waals surface area contributed by atoms with Crippen LogP contribution in [0.1, 0.15) is 284 Å². The molecule has 0 fully saturated rings. The Hall–Kier alpha value is -1.13. The second kappa shape index (κ2) is 48.2. The molecule has 0 radical (unpaired) electrons. The number of allylic oxidation sites excluding steroid dienone is 3. The molecular weight excluding hydrogens is 687 g/mol. The van der Waals surface area contributed by atoms with Crippen LogP contribution in [0.4, 0.5) is 0 Å². The maximum Gasteiger partial charge on any atom is 0.220 e. The second-order valence-corrected chi connectivity index (χ2v) is 17.6. The Morgan fingerprint density at radius 1 is 0.411 bits per heavy atom. The van der Waals surface area contributed by atoms with Crippen LogP contribution >= 0.6 is 0 Å². The van der Waals surface area contributed by atoms with E-state index in [0.29, 0.717) is 6.42 Å². The molecular formula is C52H101NO3. The van der Waals surface area contributed by atoms with Crippen LogP contribution in [0.25, 0.3) is 0 Å².